The summed E-state index contributed by atoms with van der Waals surface area (Å²) in [4.78, 5) is 12.0. The average Bonchev–Trinajstić information content (AvgIpc) is 2.66. The Morgan fingerprint density at radius 2 is 2.24 bits per heavy atom. The third-order valence-corrected chi connectivity index (χ3v) is 5.39. The molecule has 0 saturated carbocycles. The van der Waals surface area contributed by atoms with Gasteiger partial charge < -0.3 is 15.1 Å². The van der Waals surface area contributed by atoms with Crippen molar-refractivity contribution in [1.29, 1.82) is 0 Å². The van der Waals surface area contributed by atoms with Crippen molar-refractivity contribution in [2.45, 2.75) is 39.3 Å². The molecule has 1 aromatic rings. The van der Waals surface area contributed by atoms with Gasteiger partial charge in [0.25, 0.3) is 0 Å². The van der Waals surface area contributed by atoms with E-state index < -0.39 is 9.84 Å². The minimum absolute atomic E-state index is 0.0264. The molecule has 2 atom stereocenters. The van der Waals surface area contributed by atoms with E-state index in [0.717, 1.165) is 17.1 Å². The molecule has 0 aromatic carbocycles. The molecule has 1 aliphatic heterocycles. The maximum absolute atomic E-state index is 12.0. The van der Waals surface area contributed by atoms with Crippen LogP contribution in [0.5, 0.6) is 0 Å². The minimum Gasteiger partial charge on any atom is -0.466 e. The maximum Gasteiger partial charge on any atom is 0.222 e. The number of hydrogen-bond donors (Lipinski definition) is 2. The maximum atomic E-state index is 12.0. The van der Waals surface area contributed by atoms with E-state index in [1.165, 1.54) is 0 Å². The minimum atomic E-state index is -3.02. The molecule has 6 nitrogen and oxygen atoms in total. The number of furan rings is 1. The van der Waals surface area contributed by atoms with Crippen LogP contribution in [0.25, 0.3) is 0 Å². The Hall–Kier alpha value is -1.34. The second-order valence-electron chi connectivity index (χ2n) is 5.63. The molecule has 7 heteroatoms. The van der Waals surface area contributed by atoms with Crippen LogP contribution in [0.2, 0.25) is 0 Å². The van der Waals surface area contributed by atoms with E-state index in [0.29, 0.717) is 6.54 Å². The highest BCUT2D eigenvalue weighted by Crippen LogP contribution is 2.21. The third kappa shape index (κ3) is 4.31. The van der Waals surface area contributed by atoms with E-state index in [-0.39, 0.29) is 35.9 Å². The van der Waals surface area contributed by atoms with Gasteiger partial charge in [-0.3, -0.25) is 4.79 Å². The number of carbonyl (C=O) groups excluding carboxylic acids is 1. The van der Waals surface area contributed by atoms with Gasteiger partial charge in [-0.1, -0.05) is 0 Å². The number of carbonyl (C=O) groups is 1. The van der Waals surface area contributed by atoms with Gasteiger partial charge in [-0.2, -0.15) is 0 Å². The van der Waals surface area contributed by atoms with E-state index >= 15 is 0 Å². The van der Waals surface area contributed by atoms with Crippen molar-refractivity contribution in [2.24, 2.45) is 0 Å². The van der Waals surface area contributed by atoms with E-state index in [4.69, 9.17) is 4.42 Å². The molecule has 1 amide bonds. The van der Waals surface area contributed by atoms with Crippen molar-refractivity contribution in [2.75, 3.05) is 18.1 Å². The predicted molar refractivity (Wildman–Crippen MR) is 79.8 cm³/mol. The van der Waals surface area contributed by atoms with Gasteiger partial charge >= 0.3 is 0 Å². The normalized spacial score (nSPS) is 22.7. The zero-order chi connectivity index (χ0) is 15.6. The summed E-state index contributed by atoms with van der Waals surface area (Å²) in [5.41, 5.74) is 0.949. The second kappa shape index (κ2) is 6.19. The molecule has 1 saturated heterocycles. The van der Waals surface area contributed by atoms with Crippen LogP contribution in [0.15, 0.2) is 10.5 Å². The van der Waals surface area contributed by atoms with E-state index in [1.54, 1.807) is 0 Å². The second-order valence-corrected chi connectivity index (χ2v) is 7.86. The molecule has 21 heavy (non-hydrogen) atoms. The van der Waals surface area contributed by atoms with Crippen LogP contribution in [0.1, 0.15) is 36.5 Å². The van der Waals surface area contributed by atoms with Crippen LogP contribution in [-0.2, 0) is 14.6 Å². The Labute approximate surface area is 125 Å². The van der Waals surface area contributed by atoms with E-state index in [2.05, 4.69) is 10.6 Å². The number of aryl methyl sites for hydroxylation is 2. The summed E-state index contributed by atoms with van der Waals surface area (Å²) in [6.45, 7) is 6.03. The molecule has 0 aliphatic carbocycles. The summed E-state index contributed by atoms with van der Waals surface area (Å²) in [5.74, 6) is 1.62. The van der Waals surface area contributed by atoms with E-state index in [9.17, 15) is 13.2 Å². The molecule has 1 fully saturated rings. The molecule has 0 spiro atoms. The molecule has 0 bridgehead atoms. The highest BCUT2D eigenvalue weighted by atomic mass is 32.2. The van der Waals surface area contributed by atoms with Crippen molar-refractivity contribution >= 4 is 15.7 Å². The standard InChI is InChI=1S/C14H22N2O4S/c1-9-6-13(11(3)20-9)10(2)16-14(17)7-12-8-21(18,19)5-4-15-12/h6,10,12,15H,4-5,7-8H2,1-3H3,(H,16,17). The zero-order valence-electron chi connectivity index (χ0n) is 12.6. The summed E-state index contributed by atoms with van der Waals surface area (Å²) in [5, 5.41) is 5.97. The number of rotatable bonds is 4. The highest BCUT2D eigenvalue weighted by Gasteiger charge is 2.26. The van der Waals surface area contributed by atoms with Crippen molar-refractivity contribution in [3.05, 3.63) is 23.2 Å². The Bertz CT molecular complexity index is 621. The summed E-state index contributed by atoms with van der Waals surface area (Å²) in [6, 6.07) is 1.45. The summed E-state index contributed by atoms with van der Waals surface area (Å²) < 4.78 is 28.6. The number of sulfone groups is 1. The summed E-state index contributed by atoms with van der Waals surface area (Å²) in [6.07, 6.45) is 0.166. The van der Waals surface area contributed by atoms with Gasteiger partial charge in [0.05, 0.1) is 17.5 Å². The first-order valence-corrected chi connectivity index (χ1v) is 8.89. The quantitative estimate of drug-likeness (QED) is 0.860. The first-order chi connectivity index (χ1) is 9.77. The fourth-order valence-electron chi connectivity index (χ4n) is 2.68. The molecule has 1 aromatic heterocycles. The largest absolute Gasteiger partial charge is 0.466 e. The van der Waals surface area contributed by atoms with E-state index in [1.807, 2.05) is 26.8 Å². The highest BCUT2D eigenvalue weighted by molar-refractivity contribution is 7.91. The summed E-state index contributed by atoms with van der Waals surface area (Å²) >= 11 is 0. The Morgan fingerprint density at radius 1 is 1.52 bits per heavy atom. The molecular weight excluding hydrogens is 292 g/mol. The van der Waals surface area contributed by atoms with Crippen molar-refractivity contribution in [3.63, 3.8) is 0 Å². The lowest BCUT2D eigenvalue weighted by atomic mass is 10.1. The van der Waals surface area contributed by atoms with Crippen molar-refractivity contribution in [3.8, 4) is 0 Å². The molecule has 2 rings (SSSR count). The molecule has 2 heterocycles. The molecular formula is C14H22N2O4S. The number of nitrogens with one attached hydrogen (secondary N) is 2. The van der Waals surface area contributed by atoms with Crippen LogP contribution < -0.4 is 10.6 Å². The van der Waals surface area contributed by atoms with Gasteiger partial charge in [0.1, 0.15) is 11.5 Å². The van der Waals surface area contributed by atoms with Gasteiger partial charge in [0.15, 0.2) is 9.84 Å². The fraction of sp³-hybridized carbons (Fsp3) is 0.643. The lowest BCUT2D eigenvalue weighted by Crippen LogP contribution is -2.47. The average molecular weight is 314 g/mol. The van der Waals surface area contributed by atoms with Gasteiger partial charge in [-0.05, 0) is 26.8 Å². The van der Waals surface area contributed by atoms with Gasteiger partial charge in [-0.15, -0.1) is 0 Å². The molecule has 2 N–H and O–H groups in total. The Kier molecular flexibility index (Phi) is 4.73. The van der Waals surface area contributed by atoms with Crippen LogP contribution >= 0.6 is 0 Å². The summed E-state index contributed by atoms with van der Waals surface area (Å²) in [7, 11) is -3.02. The Balaban J connectivity index is 1.91. The molecule has 2 unspecified atom stereocenters. The van der Waals surface area contributed by atoms with Gasteiger partial charge in [-0.25, -0.2) is 8.42 Å². The lowest BCUT2D eigenvalue weighted by Gasteiger charge is -2.24. The monoisotopic (exact) mass is 314 g/mol. The first-order valence-electron chi connectivity index (χ1n) is 7.07. The topological polar surface area (TPSA) is 88.4 Å². The lowest BCUT2D eigenvalue weighted by molar-refractivity contribution is -0.122. The SMILES string of the molecule is Cc1cc(C(C)NC(=O)CC2CS(=O)(=O)CCN2)c(C)o1. The van der Waals surface area contributed by atoms with Gasteiger partial charge in [0.2, 0.25) is 5.91 Å². The predicted octanol–water partition coefficient (Wildman–Crippen LogP) is 0.850. The fourth-order valence-corrected chi connectivity index (χ4v) is 4.13. The zero-order valence-corrected chi connectivity index (χ0v) is 13.4. The molecule has 0 radical (unpaired) electrons. The number of amides is 1. The Morgan fingerprint density at radius 3 is 2.81 bits per heavy atom. The van der Waals surface area contributed by atoms with Crippen LogP contribution in [0.3, 0.4) is 0 Å². The molecule has 1 aliphatic rings. The number of hydrogen-bond acceptors (Lipinski definition) is 5. The molecule has 118 valence electrons. The van der Waals surface area contributed by atoms with Crippen molar-refractivity contribution in [1.82, 2.24) is 10.6 Å². The third-order valence-electron chi connectivity index (χ3n) is 3.66. The smallest absolute Gasteiger partial charge is 0.222 e. The van der Waals surface area contributed by atoms with Gasteiger partial charge in [0, 0.05) is 24.6 Å². The van der Waals surface area contributed by atoms with Crippen molar-refractivity contribution < 1.29 is 17.6 Å². The first kappa shape index (κ1) is 16.0. The van der Waals surface area contributed by atoms with Crippen LogP contribution in [0, 0.1) is 13.8 Å². The van der Waals surface area contributed by atoms with Crippen LogP contribution in [-0.4, -0.2) is 38.4 Å². The van der Waals surface area contributed by atoms with Crippen LogP contribution in [0.4, 0.5) is 0 Å².